The molecule has 750 valence electrons. The van der Waals surface area contributed by atoms with Gasteiger partial charge in [-0.15, -0.1) is 20.4 Å². The molecule has 4 aromatic carbocycles. The van der Waals surface area contributed by atoms with Gasteiger partial charge in [-0.05, 0) is 185 Å². The van der Waals surface area contributed by atoms with Crippen molar-refractivity contribution in [2.75, 3.05) is 184 Å². The van der Waals surface area contributed by atoms with E-state index in [2.05, 4.69) is 185 Å². The minimum Gasteiger partial charge on any atom is -0.488 e. The van der Waals surface area contributed by atoms with Gasteiger partial charge in [0.15, 0.2) is 0 Å². The Morgan fingerprint density at radius 1 is 0.392 bits per heavy atom. The normalized spacial score (nSPS) is 20.5. The van der Waals surface area contributed by atoms with Crippen LogP contribution in [-0.2, 0) is 23.7 Å². The van der Waals surface area contributed by atoms with E-state index in [0.717, 1.165) is 343 Å². The largest absolute Gasteiger partial charge is 0.488 e. The van der Waals surface area contributed by atoms with E-state index in [4.69, 9.17) is 56.5 Å². The lowest BCUT2D eigenvalue weighted by atomic mass is 9.92. The van der Waals surface area contributed by atoms with Gasteiger partial charge in [-0.3, -0.25) is 19.9 Å². The standard InChI is InChI=1S/2C26H29N7O3.C26H35N7O3.C25H33N7O3/c1-17-12-18(26-32-30-16-35-26)15-29-25(17)31-19-2-4-21(5-3-19)36-23-14-20(33-8-10-34-11-9-33)13-22-24(23)28-7-6-27-22;1-17-21(26-32-29-16-35-26)6-7-24(30-17)31-18-2-4-20(5-3-18)36-23-15-19(33-10-12-34-13-11-33)14-22-25(23)28-9-8-27-22;1-26(2,17-34)32-23-7-8-29-25(31-23)30-18-3-5-20(6-4-18)36-22-16-19(33-11-13-35-14-12-33)15-21-24(22)28-10-9-27-21;1-33-11-8-27-23-16-24(30-17-29-23)31-18-2-4-20(5-3-18)35-22-15-19(32-9-12-34-13-10-32)14-21-25(22)28-7-6-26-21/h6-7,12-16,19,21H,2-5,8-11H2,1H3,(H,29,31);6-9,14-16,18,20H,2-5,10-13H2,1H3,(H,30,31);7-10,15-16,18,20,34H,3-6,11-14,17H2,1-2H3,(H2,29,30,31,32);6-7,14-18,20H,2-5,8-13H2,1H3,(H2,27,29,30,31). The summed E-state index contributed by atoms with van der Waals surface area (Å²) in [7, 11) is 1.69. The molecule has 0 atom stereocenters. The zero-order chi connectivity index (χ0) is 97.5. The van der Waals surface area contributed by atoms with Crippen LogP contribution in [0.2, 0.25) is 0 Å². The number of fused-ring (bicyclic) bond motifs is 4. The Hall–Kier alpha value is -14.1. The van der Waals surface area contributed by atoms with E-state index in [1.807, 2.05) is 58.0 Å². The Morgan fingerprint density at radius 2 is 0.790 bits per heavy atom. The summed E-state index contributed by atoms with van der Waals surface area (Å²) in [4.78, 5) is 72.7. The van der Waals surface area contributed by atoms with Gasteiger partial charge in [-0.25, -0.2) is 44.9 Å². The second-order valence-corrected chi connectivity index (χ2v) is 37.7. The number of hydrogen-bond donors (Lipinski definition) is 7. The maximum absolute atomic E-state index is 9.51. The summed E-state index contributed by atoms with van der Waals surface area (Å²) in [5.41, 5.74) is 14.3. The third-order valence-corrected chi connectivity index (χ3v) is 27.0. The summed E-state index contributed by atoms with van der Waals surface area (Å²) in [6, 6.07) is 27.9. The molecule has 14 heterocycles. The number of hydrogen-bond acceptors (Lipinski definition) is 40. The number of aromatic nitrogens is 18. The molecule has 0 unspecified atom stereocenters. The molecule has 22 rings (SSSR count). The van der Waals surface area contributed by atoms with Gasteiger partial charge in [0.05, 0.1) is 135 Å². The number of rotatable bonds is 29. The average molecular weight is 1950 g/mol. The van der Waals surface area contributed by atoms with Gasteiger partial charge in [-0.1, -0.05) is 0 Å². The predicted molar refractivity (Wildman–Crippen MR) is 545 cm³/mol. The first-order chi connectivity index (χ1) is 70.2. The Bertz CT molecular complexity index is 6430. The lowest BCUT2D eigenvalue weighted by molar-refractivity contribution is 0.122. The van der Waals surface area contributed by atoms with E-state index in [1.165, 1.54) is 12.8 Å². The van der Waals surface area contributed by atoms with Crippen LogP contribution in [0.5, 0.6) is 23.0 Å². The number of ether oxygens (including phenoxy) is 9. The SMILES string of the molecule is CC(C)(CO)Nc1ccnc(NC2CCC(Oc3cc(N4CCOCC4)cc4nccnc34)CC2)n1.COCCNc1cc(NC2CCC(Oc3cc(N4CCOCC4)cc4nccnc34)CC2)ncn1.Cc1cc(-c2nnco2)cnc1NC1CCC(Oc2cc(N3CCOCC3)cc3nccnc23)CC1.Cc1nc(NC2CCC(Oc3cc(N4CCOCC4)cc4nccnc34)CC2)ccc1-c1nnco1. The molecular formula is C103H126N28O12. The van der Waals surface area contributed by atoms with Crippen LogP contribution >= 0.6 is 0 Å². The number of nitrogens with zero attached hydrogens (tertiary/aromatic N) is 22. The quantitative estimate of drug-likeness (QED) is 0.0214. The Kier molecular flexibility index (Phi) is 32.6. The molecule has 40 nitrogen and oxygen atoms in total. The number of anilines is 10. The van der Waals surface area contributed by atoms with Crippen molar-refractivity contribution in [3.63, 3.8) is 0 Å². The van der Waals surface area contributed by atoms with Crippen molar-refractivity contribution in [1.29, 1.82) is 0 Å². The van der Waals surface area contributed by atoms with Crippen molar-refractivity contribution in [1.82, 2.24) is 90.2 Å². The molecule has 7 N–H and O–H groups in total. The molecule has 0 spiro atoms. The van der Waals surface area contributed by atoms with Crippen molar-refractivity contribution in [3.8, 4) is 45.9 Å². The average Bonchev–Trinajstić information content (AvgIpc) is 1.50. The van der Waals surface area contributed by atoms with Crippen LogP contribution in [0.4, 0.5) is 57.8 Å². The maximum Gasteiger partial charge on any atom is 0.249 e. The summed E-state index contributed by atoms with van der Waals surface area (Å²) in [6.45, 7) is 22.0. The molecule has 0 amide bonds. The number of aliphatic hydroxyl groups excluding tert-OH is 1. The number of morpholine rings is 4. The number of nitrogens with one attached hydrogen (secondary N) is 6. The number of benzene rings is 4. The van der Waals surface area contributed by atoms with Crippen LogP contribution in [0, 0.1) is 13.8 Å². The lowest BCUT2D eigenvalue weighted by Gasteiger charge is -2.31. The van der Waals surface area contributed by atoms with Gasteiger partial charge < -0.3 is 108 Å². The number of methoxy groups -OCH3 is 1. The van der Waals surface area contributed by atoms with Crippen LogP contribution in [0.3, 0.4) is 0 Å². The van der Waals surface area contributed by atoms with Gasteiger partial charge in [0.25, 0.3) is 0 Å². The zero-order valence-electron chi connectivity index (χ0n) is 81.7. The lowest BCUT2D eigenvalue weighted by Crippen LogP contribution is -2.36. The van der Waals surface area contributed by atoms with E-state index in [0.29, 0.717) is 54.8 Å². The summed E-state index contributed by atoms with van der Waals surface area (Å²) in [6.07, 6.45) is 37.7. The number of aliphatic hydroxyl groups is 1. The second kappa shape index (κ2) is 47.7. The first-order valence-corrected chi connectivity index (χ1v) is 50.0. The van der Waals surface area contributed by atoms with Crippen molar-refractivity contribution in [3.05, 3.63) is 171 Å². The Labute approximate surface area is 829 Å². The minimum absolute atomic E-state index is 0.0139. The highest BCUT2D eigenvalue weighted by molar-refractivity contribution is 5.88. The highest BCUT2D eigenvalue weighted by atomic mass is 16.5. The number of pyridine rings is 2. The molecular weight excluding hydrogens is 1820 g/mol. The van der Waals surface area contributed by atoms with Crippen LogP contribution in [0.1, 0.15) is 128 Å². The fraction of sp³-hybridized carbons (Fsp3) is 0.476. The summed E-state index contributed by atoms with van der Waals surface area (Å²) in [5.74, 6) is 8.87. The molecule has 40 heteroatoms. The molecule has 4 aliphatic heterocycles. The molecule has 10 aromatic heterocycles. The maximum atomic E-state index is 9.51. The van der Waals surface area contributed by atoms with E-state index in [9.17, 15) is 5.11 Å². The first-order valence-electron chi connectivity index (χ1n) is 50.0. The van der Waals surface area contributed by atoms with Crippen molar-refractivity contribution >= 4 is 102 Å². The molecule has 0 bridgehead atoms. The van der Waals surface area contributed by atoms with Gasteiger partial charge >= 0.3 is 0 Å². The van der Waals surface area contributed by atoms with Crippen LogP contribution in [0.25, 0.3) is 67.0 Å². The summed E-state index contributed by atoms with van der Waals surface area (Å²) in [5, 5.41) is 45.6. The smallest absolute Gasteiger partial charge is 0.249 e. The van der Waals surface area contributed by atoms with Crippen molar-refractivity contribution in [2.24, 2.45) is 0 Å². The summed E-state index contributed by atoms with van der Waals surface area (Å²) < 4.78 is 63.9. The monoisotopic (exact) mass is 1950 g/mol. The molecule has 8 fully saturated rings. The summed E-state index contributed by atoms with van der Waals surface area (Å²) >= 11 is 0. The molecule has 143 heavy (non-hydrogen) atoms. The fourth-order valence-corrected chi connectivity index (χ4v) is 19.3. The van der Waals surface area contributed by atoms with E-state index >= 15 is 0 Å². The van der Waals surface area contributed by atoms with Crippen LogP contribution in [0.15, 0.2) is 169 Å². The molecule has 0 radical (unpaired) electrons. The van der Waals surface area contributed by atoms with E-state index in [1.54, 1.807) is 75.4 Å². The van der Waals surface area contributed by atoms with Crippen molar-refractivity contribution < 1.29 is 56.6 Å². The zero-order valence-corrected chi connectivity index (χ0v) is 81.7. The fourth-order valence-electron chi connectivity index (χ4n) is 19.3. The van der Waals surface area contributed by atoms with Crippen LogP contribution < -0.4 is 70.4 Å². The van der Waals surface area contributed by atoms with Gasteiger partial charge in [0.1, 0.15) is 80.5 Å². The highest BCUT2D eigenvalue weighted by Gasteiger charge is 2.32. The van der Waals surface area contributed by atoms with Crippen LogP contribution in [-0.4, -0.2) is 281 Å². The van der Waals surface area contributed by atoms with E-state index in [-0.39, 0.29) is 37.1 Å². The molecule has 4 saturated heterocycles. The Morgan fingerprint density at radius 3 is 1.19 bits per heavy atom. The van der Waals surface area contributed by atoms with Gasteiger partial charge in [0.2, 0.25) is 30.5 Å². The molecule has 8 aliphatic rings. The Balaban J connectivity index is 0.000000121. The van der Waals surface area contributed by atoms with Gasteiger partial charge in [-0.2, -0.15) is 4.98 Å². The molecule has 14 aromatic rings. The third-order valence-electron chi connectivity index (χ3n) is 27.0. The second-order valence-electron chi connectivity index (χ2n) is 37.7. The number of aryl methyl sites for hydroxylation is 2. The first kappa shape index (κ1) is 97.8. The molecule has 4 saturated carbocycles. The topological polar surface area (TPSA) is 447 Å². The van der Waals surface area contributed by atoms with Gasteiger partial charge in [0, 0.05) is 205 Å². The van der Waals surface area contributed by atoms with Crippen molar-refractivity contribution in [2.45, 2.75) is 185 Å². The predicted octanol–water partition coefficient (Wildman–Crippen LogP) is 14.4. The highest BCUT2D eigenvalue weighted by Crippen LogP contribution is 2.41. The minimum atomic E-state index is -0.450. The van der Waals surface area contributed by atoms with E-state index < -0.39 is 5.54 Å². The third kappa shape index (κ3) is 26.1. The molecule has 4 aliphatic carbocycles.